The van der Waals surface area contributed by atoms with E-state index < -0.39 is 0 Å². The summed E-state index contributed by atoms with van der Waals surface area (Å²) in [4.78, 5) is 0. The van der Waals surface area contributed by atoms with Crippen LogP contribution in [0.25, 0.3) is 0 Å². The maximum atomic E-state index is 6.09. The Morgan fingerprint density at radius 2 is 1.94 bits per heavy atom. The predicted molar refractivity (Wildman–Crippen MR) is 67.4 cm³/mol. The molecule has 0 amide bonds. The van der Waals surface area contributed by atoms with E-state index in [9.17, 15) is 0 Å². The molecule has 0 radical (unpaired) electrons. The summed E-state index contributed by atoms with van der Waals surface area (Å²) in [6.45, 7) is 12.0. The molecule has 2 nitrogen and oxygen atoms in total. The van der Waals surface area contributed by atoms with Gasteiger partial charge in [0.05, 0.1) is 12.7 Å². The van der Waals surface area contributed by atoms with Crippen LogP contribution >= 0.6 is 0 Å². The molecule has 1 aliphatic rings. The lowest BCUT2D eigenvalue weighted by Gasteiger charge is -2.44. The zero-order valence-electron chi connectivity index (χ0n) is 11.6. The average molecular weight is 228 g/mol. The van der Waals surface area contributed by atoms with Crippen LogP contribution in [-0.4, -0.2) is 19.0 Å². The van der Waals surface area contributed by atoms with E-state index in [0.29, 0.717) is 12.0 Å². The Morgan fingerprint density at radius 1 is 1.25 bits per heavy atom. The van der Waals surface area contributed by atoms with Gasteiger partial charge in [-0.2, -0.15) is 0 Å². The summed E-state index contributed by atoms with van der Waals surface area (Å²) in [7, 11) is 0. The highest BCUT2D eigenvalue weighted by Crippen LogP contribution is 2.35. The molecule has 1 saturated heterocycles. The second kappa shape index (κ2) is 6.02. The van der Waals surface area contributed by atoms with Crippen molar-refractivity contribution in [1.82, 2.24) is 0 Å². The van der Waals surface area contributed by atoms with Gasteiger partial charge < -0.3 is 9.47 Å². The zero-order valence-corrected chi connectivity index (χ0v) is 11.6. The summed E-state index contributed by atoms with van der Waals surface area (Å²) in [5.74, 6) is 0.563. The molecule has 1 heterocycles. The fourth-order valence-corrected chi connectivity index (χ4v) is 2.55. The summed E-state index contributed by atoms with van der Waals surface area (Å²) in [5, 5.41) is 0. The minimum Gasteiger partial charge on any atom is -0.352 e. The van der Waals surface area contributed by atoms with Crippen LogP contribution < -0.4 is 0 Å². The van der Waals surface area contributed by atoms with Crippen LogP contribution in [0, 0.1) is 11.3 Å². The standard InChI is InChI=1S/C14H28O2/c1-6-7-8-9-12-15-10-14(4,5)13(16-12)11(2)3/h11-13H,6-10H2,1-5H3/t12-,13-/m1/s1. The molecule has 0 unspecified atom stereocenters. The van der Waals surface area contributed by atoms with Crippen LogP contribution in [0.3, 0.4) is 0 Å². The molecule has 0 aromatic carbocycles. The first-order valence-corrected chi connectivity index (χ1v) is 6.74. The van der Waals surface area contributed by atoms with Crippen molar-refractivity contribution in [3.05, 3.63) is 0 Å². The topological polar surface area (TPSA) is 18.5 Å². The van der Waals surface area contributed by atoms with E-state index in [0.717, 1.165) is 13.0 Å². The third kappa shape index (κ3) is 3.74. The summed E-state index contributed by atoms with van der Waals surface area (Å²) in [6.07, 6.45) is 5.16. The normalized spacial score (nSPS) is 29.6. The van der Waals surface area contributed by atoms with Crippen molar-refractivity contribution in [3.8, 4) is 0 Å². The molecule has 96 valence electrons. The molecule has 16 heavy (non-hydrogen) atoms. The Kier molecular flexibility index (Phi) is 5.26. The minimum atomic E-state index is 0.0342. The molecule has 0 N–H and O–H groups in total. The Balaban J connectivity index is 2.43. The van der Waals surface area contributed by atoms with Crippen LogP contribution in [0.1, 0.15) is 60.3 Å². The largest absolute Gasteiger partial charge is 0.352 e. The third-order valence-electron chi connectivity index (χ3n) is 3.36. The first-order valence-electron chi connectivity index (χ1n) is 6.74. The molecule has 1 aliphatic heterocycles. The van der Waals surface area contributed by atoms with Crippen molar-refractivity contribution in [3.63, 3.8) is 0 Å². The first kappa shape index (κ1) is 14.0. The average Bonchev–Trinajstić information content (AvgIpc) is 2.20. The number of rotatable bonds is 5. The van der Waals surface area contributed by atoms with Gasteiger partial charge in [-0.3, -0.25) is 0 Å². The lowest BCUT2D eigenvalue weighted by molar-refractivity contribution is -0.271. The summed E-state index contributed by atoms with van der Waals surface area (Å²) >= 11 is 0. The van der Waals surface area contributed by atoms with E-state index in [1.165, 1.54) is 19.3 Å². The van der Waals surface area contributed by atoms with Crippen LogP contribution in [0.15, 0.2) is 0 Å². The van der Waals surface area contributed by atoms with Crippen LogP contribution in [0.4, 0.5) is 0 Å². The van der Waals surface area contributed by atoms with Gasteiger partial charge in [0.2, 0.25) is 0 Å². The second-order valence-electron chi connectivity index (χ2n) is 6.03. The quantitative estimate of drug-likeness (QED) is 0.662. The number of ether oxygens (including phenoxy) is 2. The van der Waals surface area contributed by atoms with Crippen LogP contribution in [0.5, 0.6) is 0 Å². The van der Waals surface area contributed by atoms with E-state index in [-0.39, 0.29) is 11.7 Å². The Bertz CT molecular complexity index is 199. The second-order valence-corrected chi connectivity index (χ2v) is 6.03. The van der Waals surface area contributed by atoms with Crippen molar-refractivity contribution in [2.45, 2.75) is 72.7 Å². The van der Waals surface area contributed by atoms with Gasteiger partial charge in [0.1, 0.15) is 0 Å². The SMILES string of the molecule is CCCCC[C@@H]1OCC(C)(C)[C@@H](C(C)C)O1. The summed E-state index contributed by atoms with van der Waals surface area (Å²) < 4.78 is 11.9. The highest BCUT2D eigenvalue weighted by molar-refractivity contribution is 4.84. The molecule has 0 aromatic heterocycles. The molecule has 0 aromatic rings. The molecule has 1 fully saturated rings. The molecular formula is C14H28O2. The smallest absolute Gasteiger partial charge is 0.158 e. The van der Waals surface area contributed by atoms with Gasteiger partial charge >= 0.3 is 0 Å². The maximum absolute atomic E-state index is 6.09. The highest BCUT2D eigenvalue weighted by Gasteiger charge is 2.39. The summed E-state index contributed by atoms with van der Waals surface area (Å²) in [5.41, 5.74) is 0.148. The first-order chi connectivity index (χ1) is 7.47. The molecule has 1 rings (SSSR count). The Morgan fingerprint density at radius 3 is 2.50 bits per heavy atom. The molecule has 0 aliphatic carbocycles. The van der Waals surface area contributed by atoms with Gasteiger partial charge in [-0.15, -0.1) is 0 Å². The van der Waals surface area contributed by atoms with Gasteiger partial charge in [0.25, 0.3) is 0 Å². The van der Waals surface area contributed by atoms with Crippen molar-refractivity contribution in [2.75, 3.05) is 6.61 Å². The fourth-order valence-electron chi connectivity index (χ4n) is 2.55. The fraction of sp³-hybridized carbons (Fsp3) is 1.00. The minimum absolute atomic E-state index is 0.0342. The third-order valence-corrected chi connectivity index (χ3v) is 3.36. The monoisotopic (exact) mass is 228 g/mol. The Hall–Kier alpha value is -0.0800. The van der Waals surface area contributed by atoms with E-state index in [2.05, 4.69) is 34.6 Å². The molecular weight excluding hydrogens is 200 g/mol. The van der Waals surface area contributed by atoms with E-state index >= 15 is 0 Å². The van der Waals surface area contributed by atoms with Gasteiger partial charge in [0, 0.05) is 5.41 Å². The van der Waals surface area contributed by atoms with Crippen molar-refractivity contribution >= 4 is 0 Å². The zero-order chi connectivity index (χ0) is 12.2. The lowest BCUT2D eigenvalue weighted by atomic mass is 9.80. The van der Waals surface area contributed by atoms with Gasteiger partial charge in [0.15, 0.2) is 6.29 Å². The highest BCUT2D eigenvalue weighted by atomic mass is 16.7. The lowest BCUT2D eigenvalue weighted by Crippen LogP contribution is -2.48. The van der Waals surface area contributed by atoms with Crippen molar-refractivity contribution in [2.24, 2.45) is 11.3 Å². The molecule has 0 saturated carbocycles. The Labute approximate surface area is 101 Å². The maximum Gasteiger partial charge on any atom is 0.158 e. The van der Waals surface area contributed by atoms with E-state index in [1.807, 2.05) is 0 Å². The summed E-state index contributed by atoms with van der Waals surface area (Å²) in [6, 6.07) is 0. The van der Waals surface area contributed by atoms with Crippen molar-refractivity contribution in [1.29, 1.82) is 0 Å². The number of hydrogen-bond donors (Lipinski definition) is 0. The van der Waals surface area contributed by atoms with E-state index in [1.54, 1.807) is 0 Å². The van der Waals surface area contributed by atoms with E-state index in [4.69, 9.17) is 9.47 Å². The van der Waals surface area contributed by atoms with Crippen LogP contribution in [0.2, 0.25) is 0 Å². The molecule has 0 spiro atoms. The van der Waals surface area contributed by atoms with Gasteiger partial charge in [-0.1, -0.05) is 47.5 Å². The molecule has 2 atom stereocenters. The van der Waals surface area contributed by atoms with Crippen LogP contribution in [-0.2, 0) is 9.47 Å². The molecule has 0 bridgehead atoms. The van der Waals surface area contributed by atoms with Gasteiger partial charge in [-0.25, -0.2) is 0 Å². The van der Waals surface area contributed by atoms with Gasteiger partial charge in [-0.05, 0) is 18.8 Å². The predicted octanol–water partition coefficient (Wildman–Crippen LogP) is 3.99. The van der Waals surface area contributed by atoms with Crippen molar-refractivity contribution < 1.29 is 9.47 Å². The number of unbranched alkanes of at least 4 members (excludes halogenated alkanes) is 2. The molecule has 2 heteroatoms. The number of hydrogen-bond acceptors (Lipinski definition) is 2.